The van der Waals surface area contributed by atoms with Crippen LogP contribution < -0.4 is 0 Å². The number of imidazole rings is 1. The average molecular weight is 199 g/mol. The van der Waals surface area contributed by atoms with Crippen LogP contribution >= 0.6 is 0 Å². The van der Waals surface area contributed by atoms with Crippen LogP contribution in [0.5, 0.6) is 0 Å². The quantitative estimate of drug-likeness (QED) is 0.746. The lowest BCUT2D eigenvalue weighted by Gasteiger charge is -2.07. The summed E-state index contributed by atoms with van der Waals surface area (Å²) in [6.07, 6.45) is 2.30. The van der Waals surface area contributed by atoms with E-state index in [9.17, 15) is 0 Å². The average Bonchev–Trinajstić information content (AvgIpc) is 2.61. The minimum absolute atomic E-state index is 0.414. The molecule has 0 aliphatic carbocycles. The second kappa shape index (κ2) is 3.74. The molecule has 0 bridgehead atoms. The van der Waals surface area contributed by atoms with Gasteiger partial charge in [0.2, 0.25) is 0 Å². The summed E-state index contributed by atoms with van der Waals surface area (Å²) in [6.45, 7) is 4.26. The van der Waals surface area contributed by atoms with Crippen LogP contribution in [0.2, 0.25) is 0 Å². The number of hydrogen-bond acceptors (Lipinski definition) is 2. The van der Waals surface area contributed by atoms with Crippen LogP contribution in [-0.4, -0.2) is 9.55 Å². The molecule has 15 heavy (non-hydrogen) atoms. The summed E-state index contributed by atoms with van der Waals surface area (Å²) in [5.74, 6) is 0. The van der Waals surface area contributed by atoms with E-state index in [1.165, 1.54) is 0 Å². The number of fused-ring (bicyclic) bond motifs is 1. The fourth-order valence-electron chi connectivity index (χ4n) is 1.69. The van der Waals surface area contributed by atoms with Crippen LogP contribution in [0, 0.1) is 11.3 Å². The number of nitriles is 1. The van der Waals surface area contributed by atoms with Crippen LogP contribution in [0.3, 0.4) is 0 Å². The smallest absolute Gasteiger partial charge is 0.0960 e. The van der Waals surface area contributed by atoms with Gasteiger partial charge >= 0.3 is 0 Å². The Hall–Kier alpha value is -1.82. The van der Waals surface area contributed by atoms with Crippen molar-refractivity contribution in [1.82, 2.24) is 9.55 Å². The van der Waals surface area contributed by atoms with Gasteiger partial charge in [0.25, 0.3) is 0 Å². The van der Waals surface area contributed by atoms with Crippen molar-refractivity contribution in [3.8, 4) is 6.07 Å². The Morgan fingerprint density at radius 2 is 2.27 bits per heavy atom. The molecular formula is C12H13N3. The molecule has 0 fully saturated rings. The van der Waals surface area contributed by atoms with Gasteiger partial charge in [-0.05, 0) is 31.5 Å². The first-order valence-electron chi connectivity index (χ1n) is 5.05. The van der Waals surface area contributed by atoms with Crippen molar-refractivity contribution < 1.29 is 0 Å². The topological polar surface area (TPSA) is 41.6 Å². The second-order valence-electron chi connectivity index (χ2n) is 3.90. The molecular weight excluding hydrogens is 186 g/mol. The summed E-state index contributed by atoms with van der Waals surface area (Å²) in [5, 5.41) is 8.61. The molecule has 2 aromatic rings. The van der Waals surface area contributed by atoms with Crippen LogP contribution in [0.25, 0.3) is 11.0 Å². The van der Waals surface area contributed by atoms with E-state index in [4.69, 9.17) is 5.26 Å². The maximum atomic E-state index is 8.61. The van der Waals surface area contributed by atoms with Crippen molar-refractivity contribution in [2.45, 2.75) is 26.3 Å². The monoisotopic (exact) mass is 199 g/mol. The summed E-state index contributed by atoms with van der Waals surface area (Å²) < 4.78 is 2.13. The predicted octanol–water partition coefficient (Wildman–Crippen LogP) is 2.68. The fourth-order valence-corrected chi connectivity index (χ4v) is 1.69. The third-order valence-electron chi connectivity index (χ3n) is 2.48. The number of rotatable bonds is 2. The molecule has 3 nitrogen and oxygen atoms in total. The van der Waals surface area contributed by atoms with E-state index >= 15 is 0 Å². The fraction of sp³-hybridized carbons (Fsp3) is 0.333. The molecule has 0 saturated heterocycles. The highest BCUT2D eigenvalue weighted by atomic mass is 15.1. The first-order valence-corrected chi connectivity index (χ1v) is 5.05. The third kappa shape index (κ3) is 1.71. The van der Waals surface area contributed by atoms with Gasteiger partial charge in [-0.2, -0.15) is 5.26 Å². The molecule has 3 heteroatoms. The molecule has 1 heterocycles. The van der Waals surface area contributed by atoms with Gasteiger partial charge in [-0.1, -0.05) is 6.07 Å². The van der Waals surface area contributed by atoms with Crippen LogP contribution in [0.4, 0.5) is 0 Å². The third-order valence-corrected chi connectivity index (χ3v) is 2.48. The largest absolute Gasteiger partial charge is 0.328 e. The number of aromatic nitrogens is 2. The molecule has 0 amide bonds. The number of nitrogens with zero attached hydrogens (tertiary/aromatic N) is 3. The Morgan fingerprint density at radius 1 is 1.47 bits per heavy atom. The van der Waals surface area contributed by atoms with Gasteiger partial charge in [-0.3, -0.25) is 0 Å². The lowest BCUT2D eigenvalue weighted by atomic mass is 10.1. The molecule has 0 N–H and O–H groups in total. The zero-order chi connectivity index (χ0) is 10.8. The number of benzene rings is 1. The maximum Gasteiger partial charge on any atom is 0.0960 e. The Bertz CT molecular complexity index is 517. The lowest BCUT2D eigenvalue weighted by molar-refractivity contribution is 0.617. The predicted molar refractivity (Wildman–Crippen MR) is 59.4 cm³/mol. The van der Waals surface area contributed by atoms with Gasteiger partial charge in [-0.25, -0.2) is 4.98 Å². The standard InChI is InChI=1S/C12H13N3/c1-9(2)15-8-14-11-7-10(5-6-13)3-4-12(11)15/h3-4,7-9H,5H2,1-2H3. The minimum Gasteiger partial charge on any atom is -0.328 e. The van der Waals surface area contributed by atoms with Gasteiger partial charge in [-0.15, -0.1) is 0 Å². The van der Waals surface area contributed by atoms with E-state index in [1.54, 1.807) is 0 Å². The van der Waals surface area contributed by atoms with E-state index in [1.807, 2.05) is 24.5 Å². The molecule has 0 unspecified atom stereocenters. The highest BCUT2D eigenvalue weighted by Crippen LogP contribution is 2.18. The molecule has 0 atom stereocenters. The van der Waals surface area contributed by atoms with E-state index in [2.05, 4.69) is 29.5 Å². The van der Waals surface area contributed by atoms with Crippen LogP contribution in [-0.2, 0) is 6.42 Å². The Kier molecular flexibility index (Phi) is 2.42. The van der Waals surface area contributed by atoms with Crippen molar-refractivity contribution in [1.29, 1.82) is 5.26 Å². The van der Waals surface area contributed by atoms with Crippen LogP contribution in [0.1, 0.15) is 25.5 Å². The van der Waals surface area contributed by atoms with Gasteiger partial charge in [0.05, 0.1) is 29.9 Å². The summed E-state index contributed by atoms with van der Waals surface area (Å²) in [4.78, 5) is 4.34. The number of hydrogen-bond donors (Lipinski definition) is 0. The van der Waals surface area contributed by atoms with Crippen molar-refractivity contribution in [3.63, 3.8) is 0 Å². The zero-order valence-corrected chi connectivity index (χ0v) is 8.94. The van der Waals surface area contributed by atoms with Crippen molar-refractivity contribution in [2.75, 3.05) is 0 Å². The molecule has 0 aliphatic rings. The van der Waals surface area contributed by atoms with E-state index in [0.29, 0.717) is 12.5 Å². The molecule has 0 saturated carbocycles. The van der Waals surface area contributed by atoms with Crippen molar-refractivity contribution in [3.05, 3.63) is 30.1 Å². The summed E-state index contributed by atoms with van der Waals surface area (Å²) in [6, 6.07) is 8.57. The van der Waals surface area contributed by atoms with E-state index in [0.717, 1.165) is 16.6 Å². The summed E-state index contributed by atoms with van der Waals surface area (Å²) >= 11 is 0. The van der Waals surface area contributed by atoms with Gasteiger partial charge in [0.15, 0.2) is 0 Å². The molecule has 0 aliphatic heterocycles. The van der Waals surface area contributed by atoms with Gasteiger partial charge in [0, 0.05) is 6.04 Å². The Labute approximate surface area is 89.0 Å². The molecule has 0 radical (unpaired) electrons. The first-order chi connectivity index (χ1) is 7.22. The lowest BCUT2D eigenvalue weighted by Crippen LogP contribution is -1.97. The Morgan fingerprint density at radius 3 is 2.93 bits per heavy atom. The van der Waals surface area contributed by atoms with Crippen molar-refractivity contribution in [2.24, 2.45) is 0 Å². The molecule has 0 spiro atoms. The minimum atomic E-state index is 0.414. The summed E-state index contributed by atoms with van der Waals surface area (Å²) in [5.41, 5.74) is 3.13. The van der Waals surface area contributed by atoms with Crippen molar-refractivity contribution >= 4 is 11.0 Å². The highest BCUT2D eigenvalue weighted by molar-refractivity contribution is 5.76. The Balaban J connectivity index is 2.53. The van der Waals surface area contributed by atoms with Crippen LogP contribution in [0.15, 0.2) is 24.5 Å². The van der Waals surface area contributed by atoms with Gasteiger partial charge < -0.3 is 4.57 Å². The SMILES string of the molecule is CC(C)n1cnc2cc(CC#N)ccc21. The highest BCUT2D eigenvalue weighted by Gasteiger charge is 2.05. The van der Waals surface area contributed by atoms with E-state index in [-0.39, 0.29) is 0 Å². The zero-order valence-electron chi connectivity index (χ0n) is 8.94. The molecule has 1 aromatic heterocycles. The first kappa shape index (κ1) is 9.72. The molecule has 2 rings (SSSR count). The maximum absolute atomic E-state index is 8.61. The molecule has 1 aromatic carbocycles. The van der Waals surface area contributed by atoms with Gasteiger partial charge in [0.1, 0.15) is 0 Å². The normalized spacial score (nSPS) is 10.8. The summed E-state index contributed by atoms with van der Waals surface area (Å²) in [7, 11) is 0. The molecule has 76 valence electrons. The second-order valence-corrected chi connectivity index (χ2v) is 3.90. The van der Waals surface area contributed by atoms with E-state index < -0.39 is 0 Å².